The van der Waals surface area contributed by atoms with Gasteiger partial charge in [0.25, 0.3) is 0 Å². The summed E-state index contributed by atoms with van der Waals surface area (Å²) in [7, 11) is 0. The highest BCUT2D eigenvalue weighted by Gasteiger charge is 2.12. The summed E-state index contributed by atoms with van der Waals surface area (Å²) in [6.07, 6.45) is 6.20. The Labute approximate surface area is 140 Å². The molecule has 2 nitrogen and oxygen atoms in total. The lowest BCUT2D eigenvalue weighted by Crippen LogP contribution is -2.06. The van der Waals surface area contributed by atoms with E-state index in [9.17, 15) is 4.79 Å². The summed E-state index contributed by atoms with van der Waals surface area (Å²) in [4.78, 5) is 16.3. The molecule has 0 N–H and O–H groups in total. The van der Waals surface area contributed by atoms with Gasteiger partial charge in [0, 0.05) is 22.5 Å². The Hall–Kier alpha value is -1.64. The summed E-state index contributed by atoms with van der Waals surface area (Å²) >= 11 is 12.2. The minimum Gasteiger partial charge on any atom is -0.289 e. The highest BCUT2D eigenvalue weighted by atomic mass is 35.5. The highest BCUT2D eigenvalue weighted by molar-refractivity contribution is 6.37. The lowest BCUT2D eigenvalue weighted by molar-refractivity contribution is -0.112. The van der Waals surface area contributed by atoms with Crippen LogP contribution in [0.3, 0.4) is 0 Å². The molecule has 0 fully saturated rings. The van der Waals surface area contributed by atoms with Crippen LogP contribution in [-0.2, 0) is 4.79 Å². The van der Waals surface area contributed by atoms with Crippen molar-refractivity contribution in [3.05, 3.63) is 68.9 Å². The van der Waals surface area contributed by atoms with E-state index in [1.165, 1.54) is 0 Å². The zero-order valence-electron chi connectivity index (χ0n) is 12.8. The normalized spacial score (nSPS) is 15.6. The number of hydrogen-bond donors (Lipinski definition) is 0. The van der Waals surface area contributed by atoms with Crippen LogP contribution < -0.4 is 0 Å². The molecule has 0 heterocycles. The van der Waals surface area contributed by atoms with Crippen LogP contribution in [-0.4, -0.2) is 11.5 Å². The van der Waals surface area contributed by atoms with Gasteiger partial charge in [-0.2, -0.15) is 0 Å². The van der Waals surface area contributed by atoms with Crippen LogP contribution >= 0.6 is 23.2 Å². The van der Waals surface area contributed by atoms with E-state index in [0.29, 0.717) is 10.0 Å². The maximum absolute atomic E-state index is 11.7. The molecular weight excluding hydrogens is 317 g/mol. The molecule has 0 radical (unpaired) electrons. The summed E-state index contributed by atoms with van der Waals surface area (Å²) in [6, 6.07) is 5.39. The molecule has 0 aromatic heterocycles. The van der Waals surface area contributed by atoms with Crippen molar-refractivity contribution in [1.82, 2.24) is 0 Å². The van der Waals surface area contributed by atoms with Crippen LogP contribution in [0.1, 0.15) is 32.8 Å². The number of halogens is 2. The van der Waals surface area contributed by atoms with E-state index in [-0.39, 0.29) is 5.78 Å². The van der Waals surface area contributed by atoms with Crippen molar-refractivity contribution in [2.75, 3.05) is 0 Å². The number of nitrogens with zero attached hydrogens (tertiary/aromatic N) is 1. The van der Waals surface area contributed by atoms with E-state index in [4.69, 9.17) is 23.2 Å². The number of rotatable bonds is 3. The van der Waals surface area contributed by atoms with Crippen molar-refractivity contribution < 1.29 is 4.79 Å². The van der Waals surface area contributed by atoms with Crippen molar-refractivity contribution >= 4 is 34.7 Å². The number of carbonyl (C=O) groups excluding carboxylic acids is 1. The average molecular weight is 334 g/mol. The third kappa shape index (κ3) is 3.76. The zero-order chi connectivity index (χ0) is 16.3. The molecule has 0 saturated heterocycles. The Morgan fingerprint density at radius 2 is 1.82 bits per heavy atom. The van der Waals surface area contributed by atoms with E-state index in [0.717, 1.165) is 34.4 Å². The minimum absolute atomic E-state index is 0.0811. The van der Waals surface area contributed by atoms with Crippen LogP contribution in [0.4, 0.5) is 0 Å². The lowest BCUT2D eigenvalue weighted by Gasteiger charge is -2.09. The van der Waals surface area contributed by atoms with Crippen molar-refractivity contribution in [2.24, 2.45) is 4.99 Å². The van der Waals surface area contributed by atoms with Crippen molar-refractivity contribution in [3.63, 3.8) is 0 Å². The maximum Gasteiger partial charge on any atom is 0.184 e. The van der Waals surface area contributed by atoms with Crippen molar-refractivity contribution in [2.45, 2.75) is 27.2 Å². The predicted octanol–water partition coefficient (Wildman–Crippen LogP) is 5.55. The van der Waals surface area contributed by atoms with Crippen LogP contribution in [0.5, 0.6) is 0 Å². The third-order valence-corrected chi connectivity index (χ3v) is 3.98. The monoisotopic (exact) mass is 333 g/mol. The molecular formula is C18H17Cl2NO. The third-order valence-electron chi connectivity index (χ3n) is 3.43. The van der Waals surface area contributed by atoms with Gasteiger partial charge in [-0.15, -0.1) is 0 Å². The lowest BCUT2D eigenvalue weighted by atomic mass is 9.96. The van der Waals surface area contributed by atoms with Crippen molar-refractivity contribution in [1.29, 1.82) is 0 Å². The number of benzene rings is 1. The molecule has 1 aromatic carbocycles. The second kappa shape index (κ2) is 7.08. The van der Waals surface area contributed by atoms with Gasteiger partial charge in [0.15, 0.2) is 5.78 Å². The van der Waals surface area contributed by atoms with E-state index in [1.54, 1.807) is 18.3 Å². The van der Waals surface area contributed by atoms with Gasteiger partial charge in [-0.3, -0.25) is 9.79 Å². The quantitative estimate of drug-likeness (QED) is 0.666. The van der Waals surface area contributed by atoms with Crippen LogP contribution in [0.15, 0.2) is 58.3 Å². The Balaban J connectivity index is 2.38. The van der Waals surface area contributed by atoms with Crippen molar-refractivity contribution in [3.8, 4) is 0 Å². The number of aliphatic imine (C=N–C) groups is 1. The first kappa shape index (κ1) is 16.7. The number of Topliss-reactive ketones (excluding diaryl/α,β-unsaturated/α-hetero) is 1. The summed E-state index contributed by atoms with van der Waals surface area (Å²) in [6.45, 7) is 5.65. The topological polar surface area (TPSA) is 29.4 Å². The Morgan fingerprint density at radius 1 is 1.18 bits per heavy atom. The maximum atomic E-state index is 11.7. The Bertz CT molecular complexity index is 715. The largest absolute Gasteiger partial charge is 0.289 e. The number of ketones is 1. The smallest absolute Gasteiger partial charge is 0.184 e. The molecule has 0 unspecified atom stereocenters. The molecule has 1 aliphatic carbocycles. The molecule has 0 amide bonds. The van der Waals surface area contributed by atoms with Crippen LogP contribution in [0.25, 0.3) is 0 Å². The van der Waals surface area contributed by atoms with Gasteiger partial charge >= 0.3 is 0 Å². The average Bonchev–Trinajstić information content (AvgIpc) is 2.47. The first-order valence-electron chi connectivity index (χ1n) is 7.06. The first-order valence-corrected chi connectivity index (χ1v) is 7.81. The van der Waals surface area contributed by atoms with E-state index in [1.807, 2.05) is 39.0 Å². The van der Waals surface area contributed by atoms with E-state index < -0.39 is 0 Å². The Morgan fingerprint density at radius 3 is 2.36 bits per heavy atom. The second-order valence-electron chi connectivity index (χ2n) is 5.17. The molecule has 0 bridgehead atoms. The molecule has 0 atom stereocenters. The van der Waals surface area contributed by atoms with E-state index >= 15 is 0 Å². The molecule has 0 spiro atoms. The summed E-state index contributed by atoms with van der Waals surface area (Å²) < 4.78 is 0. The standard InChI is InChI=1S/C18H17Cl2NO/c1-4-17(15-6-5-14(19)9-16(15)20)21-10-13-7-11(2)18(22)12(3)8-13/h5-10H,4H2,1-3H3/b21-17-. The SMILES string of the molecule is CC/C(=N/C=C1C=C(C)C(=O)C(C)=C1)c1ccc(Cl)cc1Cl. The summed E-state index contributed by atoms with van der Waals surface area (Å²) in [5.74, 6) is 0.0811. The molecule has 4 heteroatoms. The Kier molecular flexibility index (Phi) is 5.38. The van der Waals surface area contributed by atoms with Gasteiger partial charge in [0.05, 0.1) is 5.02 Å². The molecule has 2 rings (SSSR count). The molecule has 1 aromatic rings. The number of hydrogen-bond acceptors (Lipinski definition) is 2. The van der Waals surface area contributed by atoms with E-state index in [2.05, 4.69) is 4.99 Å². The fraction of sp³-hybridized carbons (Fsp3) is 0.222. The molecule has 0 aliphatic heterocycles. The molecule has 0 saturated carbocycles. The molecule has 114 valence electrons. The van der Waals surface area contributed by atoms with Crippen LogP contribution in [0.2, 0.25) is 10.0 Å². The molecule has 1 aliphatic rings. The van der Waals surface area contributed by atoms with Gasteiger partial charge in [-0.1, -0.05) is 36.2 Å². The molecule has 22 heavy (non-hydrogen) atoms. The second-order valence-corrected chi connectivity index (χ2v) is 6.01. The number of allylic oxidation sites excluding steroid dienone is 5. The summed E-state index contributed by atoms with van der Waals surface area (Å²) in [5.41, 5.74) is 4.11. The van der Waals surface area contributed by atoms with Gasteiger partial charge in [-0.25, -0.2) is 0 Å². The van der Waals surface area contributed by atoms with Gasteiger partial charge < -0.3 is 0 Å². The first-order chi connectivity index (χ1) is 10.4. The minimum atomic E-state index is 0.0811. The fourth-order valence-corrected chi connectivity index (χ4v) is 2.80. The van der Waals surface area contributed by atoms with Gasteiger partial charge in [-0.05, 0) is 61.3 Å². The summed E-state index contributed by atoms with van der Waals surface area (Å²) in [5, 5.41) is 1.19. The van der Waals surface area contributed by atoms with Gasteiger partial charge in [0.1, 0.15) is 0 Å². The fourth-order valence-electron chi connectivity index (χ4n) is 2.29. The van der Waals surface area contributed by atoms with Crippen LogP contribution in [0, 0.1) is 0 Å². The highest BCUT2D eigenvalue weighted by Crippen LogP contribution is 2.23. The zero-order valence-corrected chi connectivity index (χ0v) is 14.3. The van der Waals surface area contributed by atoms with Gasteiger partial charge in [0.2, 0.25) is 0 Å². The number of carbonyl (C=O) groups is 1. The predicted molar refractivity (Wildman–Crippen MR) is 93.9 cm³/mol.